The van der Waals surface area contributed by atoms with Gasteiger partial charge >= 0.3 is 0 Å². The van der Waals surface area contributed by atoms with Crippen LogP contribution in [0.1, 0.15) is 36.8 Å². The molecule has 0 spiro atoms. The number of fused-ring (bicyclic) bond motifs is 4. The number of phenols is 1. The number of hydrogen-bond acceptors (Lipinski definition) is 6. The van der Waals surface area contributed by atoms with Crippen molar-refractivity contribution in [2.75, 3.05) is 16.4 Å². The van der Waals surface area contributed by atoms with Crippen molar-refractivity contribution in [3.8, 4) is 11.5 Å². The van der Waals surface area contributed by atoms with E-state index < -0.39 is 62.9 Å². The van der Waals surface area contributed by atoms with Crippen LogP contribution in [0, 0.1) is 30.5 Å². The fourth-order valence-corrected chi connectivity index (χ4v) is 8.87. The Hall–Kier alpha value is -3.92. The fraction of sp³-hybridized carbons (Fsp3) is 0.314. The quantitative estimate of drug-likeness (QED) is 0.182. The lowest BCUT2D eigenvalue weighted by molar-refractivity contribution is -0.125. The Balaban J connectivity index is 1.41. The molecule has 3 fully saturated rings. The average Bonchev–Trinajstić information content (AvgIpc) is 3.38. The Labute approximate surface area is 284 Å². The predicted molar refractivity (Wildman–Crippen MR) is 175 cm³/mol. The number of hydrogen-bond donors (Lipinski definition) is 1. The van der Waals surface area contributed by atoms with Crippen molar-refractivity contribution in [2.45, 2.75) is 42.4 Å². The minimum atomic E-state index is -2.19. The molecule has 4 aliphatic rings. The molecule has 242 valence electrons. The molecular formula is C35H28Cl3FN2O6. The van der Waals surface area contributed by atoms with Crippen molar-refractivity contribution in [3.05, 3.63) is 94.3 Å². The Morgan fingerprint density at radius 1 is 0.936 bits per heavy atom. The van der Waals surface area contributed by atoms with Gasteiger partial charge in [0.15, 0.2) is 21.2 Å². The Bertz CT molecular complexity index is 1920. The van der Waals surface area contributed by atoms with Crippen LogP contribution in [0.25, 0.3) is 0 Å². The van der Waals surface area contributed by atoms with Crippen LogP contribution in [0.15, 0.2) is 72.3 Å². The summed E-state index contributed by atoms with van der Waals surface area (Å²) in [6.07, 6.45) is 1.67. The number of para-hydroxylation sites is 1. The lowest BCUT2D eigenvalue weighted by Crippen LogP contribution is -2.60. The molecule has 1 saturated carbocycles. The molecule has 12 heteroatoms. The maximum Gasteiger partial charge on any atom is 0.258 e. The first-order valence-electron chi connectivity index (χ1n) is 15.2. The summed E-state index contributed by atoms with van der Waals surface area (Å²) in [5.74, 6) is -7.11. The summed E-state index contributed by atoms with van der Waals surface area (Å²) in [6.45, 7) is 3.78. The van der Waals surface area contributed by atoms with Crippen LogP contribution in [-0.2, 0) is 19.2 Å². The largest absolute Gasteiger partial charge is 0.504 e. The van der Waals surface area contributed by atoms with Crippen LogP contribution < -0.4 is 14.5 Å². The van der Waals surface area contributed by atoms with Crippen LogP contribution in [0.4, 0.5) is 15.8 Å². The Morgan fingerprint density at radius 3 is 2.32 bits per heavy atom. The second-order valence-corrected chi connectivity index (χ2v) is 14.0. The van der Waals surface area contributed by atoms with Gasteiger partial charge in [-0.25, -0.2) is 14.2 Å². The van der Waals surface area contributed by atoms with E-state index in [4.69, 9.17) is 39.5 Å². The van der Waals surface area contributed by atoms with Crippen molar-refractivity contribution < 1.29 is 33.4 Å². The molecule has 3 aromatic rings. The molecule has 8 nitrogen and oxygen atoms in total. The number of carbonyl (C=O) groups excluding carboxylic acids is 4. The van der Waals surface area contributed by atoms with Gasteiger partial charge < -0.3 is 9.84 Å². The standard InChI is InChI=1S/C35H28Cl3FN2O6/c1-3-47-26-6-4-5-23(29(26)42)28-21-13-14-22-27(31(44)40(30(22)43)20-10-7-17(2)25(36)15-20)24(21)16-34(37)32(45)41(33(46)35(28,34)38)19-11-8-18(39)9-12-19/h4-13,15,22,24,27-28,42H,3,14,16H2,1-2H3/t22-,24+,27-,28+,34+,35-/m0/s1. The molecule has 4 amide bonds. The highest BCUT2D eigenvalue weighted by molar-refractivity contribution is 6.58. The molecule has 2 aliphatic carbocycles. The topological polar surface area (TPSA) is 104 Å². The van der Waals surface area contributed by atoms with Crippen molar-refractivity contribution in [3.63, 3.8) is 0 Å². The molecule has 0 bridgehead atoms. The smallest absolute Gasteiger partial charge is 0.258 e. The maximum absolute atomic E-state index is 14.5. The highest BCUT2D eigenvalue weighted by Crippen LogP contribution is 2.67. The number of alkyl halides is 2. The van der Waals surface area contributed by atoms with Gasteiger partial charge in [0.2, 0.25) is 11.8 Å². The molecule has 0 radical (unpaired) electrons. The number of carbonyl (C=O) groups is 4. The fourth-order valence-electron chi connectivity index (χ4n) is 7.76. The van der Waals surface area contributed by atoms with Gasteiger partial charge in [0, 0.05) is 16.5 Å². The van der Waals surface area contributed by atoms with Crippen LogP contribution in [0.3, 0.4) is 0 Å². The number of nitrogens with zero attached hydrogens (tertiary/aromatic N) is 2. The lowest BCUT2D eigenvalue weighted by atomic mass is 9.56. The molecule has 6 atom stereocenters. The first-order chi connectivity index (χ1) is 22.3. The molecule has 2 aliphatic heterocycles. The Morgan fingerprint density at radius 2 is 1.64 bits per heavy atom. The minimum absolute atomic E-state index is 0.0614. The summed E-state index contributed by atoms with van der Waals surface area (Å²) in [5.41, 5.74) is 1.84. The first-order valence-corrected chi connectivity index (χ1v) is 16.3. The molecule has 1 N–H and O–H groups in total. The molecular weight excluding hydrogens is 670 g/mol. The summed E-state index contributed by atoms with van der Waals surface area (Å²) < 4.78 is 19.5. The van der Waals surface area contributed by atoms with Gasteiger partial charge in [-0.05, 0) is 80.6 Å². The second-order valence-electron chi connectivity index (χ2n) is 12.3. The van der Waals surface area contributed by atoms with Gasteiger partial charge in [-0.3, -0.25) is 19.2 Å². The first kappa shape index (κ1) is 31.7. The molecule has 0 aromatic heterocycles. The number of imide groups is 2. The lowest BCUT2D eigenvalue weighted by Gasteiger charge is -2.50. The van der Waals surface area contributed by atoms with Crippen molar-refractivity contribution in [1.29, 1.82) is 0 Å². The van der Waals surface area contributed by atoms with E-state index in [1.165, 1.54) is 12.1 Å². The summed E-state index contributed by atoms with van der Waals surface area (Å²) in [7, 11) is 0. The van der Waals surface area contributed by atoms with Crippen molar-refractivity contribution >= 4 is 69.8 Å². The van der Waals surface area contributed by atoms with Gasteiger partial charge in [0.25, 0.3) is 11.8 Å². The molecule has 2 heterocycles. The molecule has 7 rings (SSSR count). The predicted octanol–water partition coefficient (Wildman–Crippen LogP) is 6.66. The number of benzene rings is 3. The number of rotatable bonds is 5. The van der Waals surface area contributed by atoms with Crippen molar-refractivity contribution in [2.24, 2.45) is 17.8 Å². The molecule has 47 heavy (non-hydrogen) atoms. The van der Waals surface area contributed by atoms with E-state index in [2.05, 4.69) is 0 Å². The molecule has 2 saturated heterocycles. The third kappa shape index (κ3) is 4.32. The summed E-state index contributed by atoms with van der Waals surface area (Å²) in [5, 5.41) is 11.9. The van der Waals surface area contributed by atoms with E-state index in [0.717, 1.165) is 27.5 Å². The zero-order valence-electron chi connectivity index (χ0n) is 25.2. The van der Waals surface area contributed by atoms with E-state index >= 15 is 0 Å². The van der Waals surface area contributed by atoms with Gasteiger partial charge in [0.1, 0.15) is 5.82 Å². The summed E-state index contributed by atoms with van der Waals surface area (Å²) >= 11 is 21.1. The number of phenolic OH excluding ortho intramolecular Hbond substituents is 1. The minimum Gasteiger partial charge on any atom is -0.504 e. The SMILES string of the molecule is CCOc1cccc([C@H]2C3=CC[C@@H]4C(=O)N(c5ccc(C)c(Cl)c5)C(=O)[C@@H]4[C@@H]3C[C@@]3(Cl)C(=O)N(c4ccc(F)cc4)C(=O)[C@@]23Cl)c1O. The zero-order chi connectivity index (χ0) is 33.6. The van der Waals surface area contributed by atoms with Gasteiger partial charge in [-0.15, -0.1) is 23.2 Å². The molecule has 3 aromatic carbocycles. The number of aromatic hydroxyl groups is 1. The van der Waals surface area contributed by atoms with E-state index in [1.54, 1.807) is 56.3 Å². The third-order valence-electron chi connectivity index (χ3n) is 9.95. The van der Waals surface area contributed by atoms with Gasteiger partial charge in [0.05, 0.1) is 29.8 Å². The van der Waals surface area contributed by atoms with Crippen LogP contribution in [0.5, 0.6) is 11.5 Å². The number of aryl methyl sites for hydroxylation is 1. The zero-order valence-corrected chi connectivity index (χ0v) is 27.4. The van der Waals surface area contributed by atoms with E-state index in [9.17, 15) is 28.7 Å². The van der Waals surface area contributed by atoms with Crippen molar-refractivity contribution in [1.82, 2.24) is 0 Å². The second kappa shape index (κ2) is 11.1. The number of anilines is 2. The average molecular weight is 698 g/mol. The molecule has 0 unspecified atom stereocenters. The van der Waals surface area contributed by atoms with Crippen LogP contribution in [-0.4, -0.2) is 45.1 Å². The normalized spacial score (nSPS) is 29.9. The monoisotopic (exact) mass is 696 g/mol. The van der Waals surface area contributed by atoms with E-state index in [-0.39, 0.29) is 42.2 Å². The highest BCUT2D eigenvalue weighted by Gasteiger charge is 2.77. The van der Waals surface area contributed by atoms with E-state index in [1.807, 2.05) is 0 Å². The van der Waals surface area contributed by atoms with Crippen LogP contribution in [0.2, 0.25) is 5.02 Å². The van der Waals surface area contributed by atoms with Gasteiger partial charge in [-0.1, -0.05) is 41.4 Å². The van der Waals surface area contributed by atoms with Crippen LogP contribution >= 0.6 is 34.8 Å². The third-order valence-corrected chi connectivity index (χ3v) is 11.8. The Kier molecular flexibility index (Phi) is 7.46. The van der Waals surface area contributed by atoms with Gasteiger partial charge in [-0.2, -0.15) is 0 Å². The number of allylic oxidation sites excluding steroid dienone is 2. The number of amides is 4. The van der Waals surface area contributed by atoms with E-state index in [0.29, 0.717) is 16.3 Å². The summed E-state index contributed by atoms with van der Waals surface area (Å²) in [4.78, 5) is 54.6. The summed E-state index contributed by atoms with van der Waals surface area (Å²) in [6, 6.07) is 14.4. The highest BCUT2D eigenvalue weighted by atomic mass is 35.5. The number of ether oxygens (including phenoxy) is 1. The number of halogens is 4. The maximum atomic E-state index is 14.5.